The molecule has 2 aromatic rings. The van der Waals surface area contributed by atoms with Crippen LogP contribution < -0.4 is 10.2 Å². The Morgan fingerprint density at radius 3 is 2.42 bits per heavy atom. The van der Waals surface area contributed by atoms with Crippen molar-refractivity contribution in [3.05, 3.63) is 65.2 Å². The molecule has 1 N–H and O–H groups in total. The smallest absolute Gasteiger partial charge is 0.307 e. The Kier molecular flexibility index (Phi) is 6.72. The van der Waals surface area contributed by atoms with Gasteiger partial charge in [0.25, 0.3) is 11.8 Å². The third-order valence-electron chi connectivity index (χ3n) is 6.06. The van der Waals surface area contributed by atoms with Crippen molar-refractivity contribution in [1.29, 1.82) is 0 Å². The number of para-hydroxylation sites is 1. The van der Waals surface area contributed by atoms with Gasteiger partial charge in [-0.05, 0) is 31.0 Å². The molecule has 0 aliphatic carbocycles. The highest BCUT2D eigenvalue weighted by atomic mass is 16.5. The first kappa shape index (κ1) is 22.5. The molecule has 2 heterocycles. The summed E-state index contributed by atoms with van der Waals surface area (Å²) in [5.41, 5.74) is 2.64. The molecule has 33 heavy (non-hydrogen) atoms. The Morgan fingerprint density at radius 2 is 1.64 bits per heavy atom. The van der Waals surface area contributed by atoms with Crippen LogP contribution in [-0.2, 0) is 14.3 Å². The molecule has 1 atom stereocenters. The van der Waals surface area contributed by atoms with Gasteiger partial charge in [0.05, 0.1) is 24.8 Å². The van der Waals surface area contributed by atoms with E-state index in [9.17, 15) is 19.2 Å². The fourth-order valence-corrected chi connectivity index (χ4v) is 4.44. The summed E-state index contributed by atoms with van der Waals surface area (Å²) in [5.74, 6) is -0.645. The number of rotatable bonds is 9. The highest BCUT2D eigenvalue weighted by Crippen LogP contribution is 2.45. The minimum absolute atomic E-state index is 0.0862. The van der Waals surface area contributed by atoms with Crippen molar-refractivity contribution in [2.24, 2.45) is 0 Å². The van der Waals surface area contributed by atoms with E-state index in [4.69, 9.17) is 0 Å². The minimum Gasteiger partial charge on any atom is -0.469 e. The van der Waals surface area contributed by atoms with Crippen LogP contribution in [0, 0.1) is 0 Å². The minimum atomic E-state index is -0.447. The van der Waals surface area contributed by atoms with Crippen molar-refractivity contribution < 1.29 is 23.9 Å². The van der Waals surface area contributed by atoms with Crippen molar-refractivity contribution in [2.75, 3.05) is 25.1 Å². The SMILES string of the molecule is COC(=O)CCNC(=O)CCCCCN1C(=O)c2ccccc2N2C(=O)c3ccccc3[C@@H]12. The molecule has 0 saturated heterocycles. The van der Waals surface area contributed by atoms with Crippen LogP contribution in [0.25, 0.3) is 0 Å². The van der Waals surface area contributed by atoms with Crippen molar-refractivity contribution in [3.63, 3.8) is 0 Å². The second-order valence-corrected chi connectivity index (χ2v) is 8.14. The zero-order valence-corrected chi connectivity index (χ0v) is 18.6. The molecule has 0 aromatic heterocycles. The number of ether oxygens (including phenoxy) is 1. The monoisotopic (exact) mass is 449 g/mol. The molecule has 4 rings (SSSR count). The lowest BCUT2D eigenvalue weighted by Crippen LogP contribution is -2.48. The molecule has 8 heteroatoms. The van der Waals surface area contributed by atoms with Gasteiger partial charge in [0.1, 0.15) is 6.17 Å². The molecule has 0 radical (unpaired) electrons. The average molecular weight is 450 g/mol. The summed E-state index contributed by atoms with van der Waals surface area (Å²) in [6.45, 7) is 0.748. The number of amides is 3. The second kappa shape index (κ2) is 9.85. The molecule has 0 bridgehead atoms. The Balaban J connectivity index is 1.38. The first-order valence-electron chi connectivity index (χ1n) is 11.2. The largest absolute Gasteiger partial charge is 0.469 e. The Bertz CT molecular complexity index is 1080. The van der Waals surface area contributed by atoms with Crippen LogP contribution in [0.15, 0.2) is 48.5 Å². The number of hydrogen-bond donors (Lipinski definition) is 1. The molecular weight excluding hydrogens is 422 g/mol. The molecule has 0 unspecified atom stereocenters. The van der Waals surface area contributed by atoms with Gasteiger partial charge in [-0.2, -0.15) is 0 Å². The van der Waals surface area contributed by atoms with E-state index >= 15 is 0 Å². The van der Waals surface area contributed by atoms with Crippen molar-refractivity contribution in [3.8, 4) is 0 Å². The van der Waals surface area contributed by atoms with Crippen LogP contribution in [0.4, 0.5) is 5.69 Å². The van der Waals surface area contributed by atoms with Crippen molar-refractivity contribution in [1.82, 2.24) is 10.2 Å². The predicted octanol–water partition coefficient (Wildman–Crippen LogP) is 3.04. The van der Waals surface area contributed by atoms with Gasteiger partial charge in [0, 0.05) is 30.6 Å². The molecule has 172 valence electrons. The lowest BCUT2D eigenvalue weighted by Gasteiger charge is -2.41. The number of hydrogen-bond acceptors (Lipinski definition) is 5. The van der Waals surface area contributed by atoms with Crippen LogP contribution in [0.1, 0.15) is 64.5 Å². The third-order valence-corrected chi connectivity index (χ3v) is 6.06. The molecule has 0 fully saturated rings. The first-order valence-corrected chi connectivity index (χ1v) is 11.2. The number of benzene rings is 2. The molecular formula is C25H27N3O5. The lowest BCUT2D eigenvalue weighted by atomic mass is 10.0. The summed E-state index contributed by atoms with van der Waals surface area (Å²) >= 11 is 0. The second-order valence-electron chi connectivity index (χ2n) is 8.14. The quantitative estimate of drug-likeness (QED) is 0.469. The summed E-state index contributed by atoms with van der Waals surface area (Å²) in [5, 5.41) is 2.70. The average Bonchev–Trinajstić information content (AvgIpc) is 3.13. The van der Waals surface area contributed by atoms with Gasteiger partial charge in [-0.3, -0.25) is 24.1 Å². The van der Waals surface area contributed by atoms with Crippen molar-refractivity contribution >= 4 is 29.4 Å². The Labute approximate surface area is 192 Å². The highest BCUT2D eigenvalue weighted by molar-refractivity contribution is 6.16. The van der Waals surface area contributed by atoms with Crippen molar-refractivity contribution in [2.45, 2.75) is 38.3 Å². The van der Waals surface area contributed by atoms with E-state index in [2.05, 4.69) is 10.1 Å². The predicted molar refractivity (Wildman–Crippen MR) is 122 cm³/mol. The third kappa shape index (κ3) is 4.46. The maximum atomic E-state index is 13.3. The number of anilines is 1. The highest BCUT2D eigenvalue weighted by Gasteiger charge is 2.47. The zero-order valence-electron chi connectivity index (χ0n) is 18.6. The number of fused-ring (bicyclic) bond motifs is 5. The maximum Gasteiger partial charge on any atom is 0.307 e. The number of carbonyl (C=O) groups excluding carboxylic acids is 4. The van der Waals surface area contributed by atoms with Gasteiger partial charge in [-0.1, -0.05) is 36.8 Å². The fourth-order valence-electron chi connectivity index (χ4n) is 4.44. The van der Waals surface area contributed by atoms with E-state index in [0.29, 0.717) is 42.6 Å². The summed E-state index contributed by atoms with van der Waals surface area (Å²) in [6, 6.07) is 14.7. The lowest BCUT2D eigenvalue weighted by molar-refractivity contribution is -0.140. The summed E-state index contributed by atoms with van der Waals surface area (Å²) < 4.78 is 4.54. The number of nitrogens with zero attached hydrogens (tertiary/aromatic N) is 2. The topological polar surface area (TPSA) is 96.0 Å². The number of carbonyl (C=O) groups is 4. The van der Waals surface area contributed by atoms with Crippen LogP contribution >= 0.6 is 0 Å². The van der Waals surface area contributed by atoms with Crippen LogP contribution in [0.3, 0.4) is 0 Å². The zero-order chi connectivity index (χ0) is 23.4. The molecule has 0 saturated carbocycles. The van der Waals surface area contributed by atoms with Gasteiger partial charge in [0.15, 0.2) is 0 Å². The summed E-state index contributed by atoms with van der Waals surface area (Å²) in [7, 11) is 1.31. The molecule has 3 amide bonds. The van der Waals surface area contributed by atoms with E-state index in [1.54, 1.807) is 21.9 Å². The molecule has 2 aliphatic heterocycles. The van der Waals surface area contributed by atoms with E-state index in [0.717, 1.165) is 12.0 Å². The van der Waals surface area contributed by atoms with E-state index < -0.39 is 6.17 Å². The number of esters is 1. The standard InChI is InChI=1S/C25H27N3O5/c1-33-22(30)14-15-26-21(29)13-3-2-8-16-27-23-17-9-4-5-10-18(17)25(32)28(23)20-12-7-6-11-19(20)24(27)31/h4-7,9-12,23H,2-3,8,13-16H2,1H3,(H,26,29)/t23-/m0/s1. The summed E-state index contributed by atoms with van der Waals surface area (Å²) in [4.78, 5) is 53.0. The Hall–Kier alpha value is -3.68. The molecule has 8 nitrogen and oxygen atoms in total. The van der Waals surface area contributed by atoms with Crippen LogP contribution in [-0.4, -0.2) is 48.8 Å². The molecule has 0 spiro atoms. The van der Waals surface area contributed by atoms with E-state index in [-0.39, 0.29) is 36.7 Å². The number of nitrogens with one attached hydrogen (secondary N) is 1. The van der Waals surface area contributed by atoms with Crippen LogP contribution in [0.5, 0.6) is 0 Å². The van der Waals surface area contributed by atoms with Gasteiger partial charge >= 0.3 is 5.97 Å². The normalized spacial score (nSPS) is 16.2. The van der Waals surface area contributed by atoms with Crippen LogP contribution in [0.2, 0.25) is 0 Å². The first-order chi connectivity index (χ1) is 16.0. The summed E-state index contributed by atoms with van der Waals surface area (Å²) in [6.07, 6.45) is 2.21. The van der Waals surface area contributed by atoms with Gasteiger partial charge in [-0.15, -0.1) is 0 Å². The number of unbranched alkanes of at least 4 members (excludes halogenated alkanes) is 2. The maximum absolute atomic E-state index is 13.3. The van der Waals surface area contributed by atoms with E-state index in [1.807, 2.05) is 36.4 Å². The molecule has 2 aromatic carbocycles. The van der Waals surface area contributed by atoms with E-state index in [1.165, 1.54) is 7.11 Å². The van der Waals surface area contributed by atoms with Gasteiger partial charge in [0.2, 0.25) is 5.91 Å². The Morgan fingerprint density at radius 1 is 0.909 bits per heavy atom. The number of methoxy groups -OCH3 is 1. The van der Waals surface area contributed by atoms with Gasteiger partial charge < -0.3 is 15.0 Å². The molecule has 2 aliphatic rings. The fraction of sp³-hybridized carbons (Fsp3) is 0.360. The van der Waals surface area contributed by atoms with Gasteiger partial charge in [-0.25, -0.2) is 0 Å².